The summed E-state index contributed by atoms with van der Waals surface area (Å²) in [6.07, 6.45) is 0. The van der Waals surface area contributed by atoms with Crippen LogP contribution in [-0.4, -0.2) is 52.3 Å². The van der Waals surface area contributed by atoms with Crippen molar-refractivity contribution in [1.82, 2.24) is 14.6 Å². The van der Waals surface area contributed by atoms with Crippen molar-refractivity contribution < 1.29 is 21.3 Å². The van der Waals surface area contributed by atoms with Gasteiger partial charge in [-0.2, -0.15) is 9.29 Å². The summed E-state index contributed by atoms with van der Waals surface area (Å²) in [4.78, 5) is 4.39. The predicted molar refractivity (Wildman–Crippen MR) is 115 cm³/mol. The van der Waals surface area contributed by atoms with Crippen LogP contribution in [0.1, 0.15) is 0 Å². The maximum absolute atomic E-state index is 13.4. The quantitative estimate of drug-likeness (QED) is 0.501. The molecule has 10 heteroatoms. The monoisotopic (exact) mass is 457 g/mol. The van der Waals surface area contributed by atoms with Crippen molar-refractivity contribution >= 4 is 41.7 Å². The zero-order valence-corrected chi connectivity index (χ0v) is 18.0. The van der Waals surface area contributed by atoms with Gasteiger partial charge in [0.15, 0.2) is 5.58 Å². The molecule has 5 rings (SSSR count). The van der Waals surface area contributed by atoms with Crippen LogP contribution in [0.4, 0.5) is 0 Å². The molecule has 2 heterocycles. The molecular formula is C21H19N3O5S2. The second-order valence-electron chi connectivity index (χ2n) is 7.22. The van der Waals surface area contributed by atoms with Gasteiger partial charge in [0.1, 0.15) is 5.52 Å². The van der Waals surface area contributed by atoms with E-state index in [1.807, 2.05) is 0 Å². The third-order valence-electron chi connectivity index (χ3n) is 5.32. The van der Waals surface area contributed by atoms with E-state index in [-0.39, 0.29) is 15.4 Å². The molecule has 0 radical (unpaired) electrons. The molecule has 1 N–H and O–H groups in total. The highest BCUT2D eigenvalue weighted by Gasteiger charge is 2.31. The van der Waals surface area contributed by atoms with Crippen LogP contribution in [0.3, 0.4) is 0 Å². The first-order valence-corrected chi connectivity index (χ1v) is 12.6. The van der Waals surface area contributed by atoms with Gasteiger partial charge in [-0.3, -0.25) is 0 Å². The van der Waals surface area contributed by atoms with Crippen LogP contribution in [0.2, 0.25) is 0 Å². The van der Waals surface area contributed by atoms with Crippen LogP contribution in [0.25, 0.3) is 21.9 Å². The third-order valence-corrected chi connectivity index (χ3v) is 8.79. The number of sulfone groups is 1. The first-order valence-electron chi connectivity index (χ1n) is 9.72. The lowest BCUT2D eigenvalue weighted by Gasteiger charge is -2.27. The average Bonchev–Trinajstić information content (AvgIpc) is 3.25. The zero-order valence-electron chi connectivity index (χ0n) is 16.4. The molecule has 1 saturated heterocycles. The van der Waals surface area contributed by atoms with Crippen LogP contribution >= 0.6 is 0 Å². The Morgan fingerprint density at radius 2 is 1.52 bits per heavy atom. The lowest BCUT2D eigenvalue weighted by atomic mass is 10.1. The number of oxazole rings is 1. The molecule has 1 fully saturated rings. The number of piperazine rings is 1. The minimum atomic E-state index is -3.98. The maximum atomic E-state index is 13.4. The lowest BCUT2D eigenvalue weighted by molar-refractivity contribution is 0.360. The molecule has 4 aromatic rings. The maximum Gasteiger partial charge on any atom is 0.321 e. The smallest absolute Gasteiger partial charge is 0.321 e. The van der Waals surface area contributed by atoms with E-state index in [2.05, 4.69) is 10.3 Å². The molecule has 0 saturated carbocycles. The first kappa shape index (κ1) is 20.1. The van der Waals surface area contributed by atoms with Gasteiger partial charge in [0.2, 0.25) is 10.0 Å². The van der Waals surface area contributed by atoms with Crippen molar-refractivity contribution in [1.29, 1.82) is 0 Å². The van der Waals surface area contributed by atoms with E-state index < -0.39 is 25.1 Å². The number of nitrogens with one attached hydrogen (secondary N) is 1. The van der Waals surface area contributed by atoms with E-state index in [1.165, 1.54) is 22.5 Å². The first-order chi connectivity index (χ1) is 14.9. The molecule has 160 valence electrons. The van der Waals surface area contributed by atoms with E-state index in [1.54, 1.807) is 42.5 Å². The largest absolute Gasteiger partial charge is 0.428 e. The van der Waals surface area contributed by atoms with Crippen molar-refractivity contribution in [2.24, 2.45) is 0 Å². The molecule has 0 spiro atoms. The molecule has 3 aromatic carbocycles. The Hall–Kier alpha value is -2.79. The van der Waals surface area contributed by atoms with Crippen molar-refractivity contribution in [3.8, 4) is 0 Å². The number of hydrogen-bond donors (Lipinski definition) is 1. The molecule has 1 aromatic heterocycles. The molecule has 0 atom stereocenters. The van der Waals surface area contributed by atoms with Gasteiger partial charge in [-0.05, 0) is 12.1 Å². The molecule has 8 nitrogen and oxygen atoms in total. The van der Waals surface area contributed by atoms with Crippen LogP contribution < -0.4 is 5.32 Å². The topological polar surface area (TPSA) is 110 Å². The van der Waals surface area contributed by atoms with Gasteiger partial charge >= 0.3 is 5.22 Å². The highest BCUT2D eigenvalue weighted by atomic mass is 32.2. The fourth-order valence-corrected chi connectivity index (χ4v) is 6.54. The second-order valence-corrected chi connectivity index (χ2v) is 11.0. The Morgan fingerprint density at radius 3 is 2.23 bits per heavy atom. The van der Waals surface area contributed by atoms with E-state index in [0.717, 1.165) is 0 Å². The number of aromatic nitrogens is 1. The summed E-state index contributed by atoms with van der Waals surface area (Å²) >= 11 is 0. The zero-order chi connectivity index (χ0) is 21.6. The van der Waals surface area contributed by atoms with E-state index in [9.17, 15) is 16.8 Å². The van der Waals surface area contributed by atoms with Crippen molar-refractivity contribution in [3.63, 3.8) is 0 Å². The fraction of sp³-hybridized carbons (Fsp3) is 0.190. The van der Waals surface area contributed by atoms with Gasteiger partial charge in [0, 0.05) is 43.0 Å². The summed E-state index contributed by atoms with van der Waals surface area (Å²) in [6.45, 7) is 1.86. The molecule has 0 aliphatic carbocycles. The molecule has 1 aliphatic heterocycles. The standard InChI is InChI=1S/C21H19N3O5S2/c25-30(26,15-6-2-1-3-7-15)21-23-20-17-9-5-4-8-16(17)19(14-18(20)29-21)31(27,28)24-12-10-22-11-13-24/h1-9,14,22H,10-13H2. The van der Waals surface area contributed by atoms with E-state index >= 15 is 0 Å². The Bertz CT molecular complexity index is 1490. The van der Waals surface area contributed by atoms with Crippen LogP contribution in [0, 0.1) is 0 Å². The van der Waals surface area contributed by atoms with Gasteiger partial charge in [0.05, 0.1) is 9.79 Å². The SMILES string of the molecule is O=S(=O)(c1ccccc1)c1nc2c(cc(S(=O)(=O)N3CCNCC3)c3ccccc32)o1. The Morgan fingerprint density at radius 1 is 0.871 bits per heavy atom. The molecule has 1 aliphatic rings. The average molecular weight is 458 g/mol. The third kappa shape index (κ3) is 3.32. The highest BCUT2D eigenvalue weighted by Crippen LogP contribution is 2.35. The predicted octanol–water partition coefficient (Wildman–Crippen LogP) is 2.41. The molecular weight excluding hydrogens is 438 g/mol. The normalized spacial score (nSPS) is 16.1. The summed E-state index contributed by atoms with van der Waals surface area (Å²) in [7, 11) is -7.79. The van der Waals surface area contributed by atoms with Crippen LogP contribution in [-0.2, 0) is 19.9 Å². The van der Waals surface area contributed by atoms with Crippen LogP contribution in [0.5, 0.6) is 0 Å². The van der Waals surface area contributed by atoms with E-state index in [4.69, 9.17) is 4.42 Å². The van der Waals surface area contributed by atoms with Crippen molar-refractivity contribution in [2.75, 3.05) is 26.2 Å². The van der Waals surface area contributed by atoms with Crippen LogP contribution in [0.15, 0.2) is 80.1 Å². The second kappa shape index (κ2) is 7.41. The Balaban J connectivity index is 1.74. The summed E-state index contributed by atoms with van der Waals surface area (Å²) in [5, 5.41) is 3.67. The number of rotatable bonds is 4. The molecule has 31 heavy (non-hydrogen) atoms. The molecule has 0 bridgehead atoms. The summed E-state index contributed by atoms with van der Waals surface area (Å²) in [6, 6.07) is 16.2. The number of sulfonamides is 1. The lowest BCUT2D eigenvalue weighted by Crippen LogP contribution is -2.46. The number of benzene rings is 3. The van der Waals surface area contributed by atoms with Gasteiger partial charge in [0.25, 0.3) is 9.84 Å². The summed E-state index contributed by atoms with van der Waals surface area (Å²) in [5.74, 6) is 0. The van der Waals surface area contributed by atoms with Gasteiger partial charge in [-0.1, -0.05) is 42.5 Å². The van der Waals surface area contributed by atoms with Gasteiger partial charge in [-0.25, -0.2) is 16.8 Å². The fourth-order valence-electron chi connectivity index (χ4n) is 3.76. The van der Waals surface area contributed by atoms with Crippen molar-refractivity contribution in [3.05, 3.63) is 60.7 Å². The van der Waals surface area contributed by atoms with Crippen molar-refractivity contribution in [2.45, 2.75) is 15.0 Å². The van der Waals surface area contributed by atoms with Gasteiger partial charge in [-0.15, -0.1) is 0 Å². The molecule has 0 unspecified atom stereocenters. The summed E-state index contributed by atoms with van der Waals surface area (Å²) < 4.78 is 59.8. The number of nitrogens with zero attached hydrogens (tertiary/aromatic N) is 2. The molecule has 0 amide bonds. The highest BCUT2D eigenvalue weighted by molar-refractivity contribution is 7.91. The summed E-state index contributed by atoms with van der Waals surface area (Å²) in [5.41, 5.74) is 0.422. The Labute approximate surface area is 179 Å². The van der Waals surface area contributed by atoms with E-state index in [0.29, 0.717) is 42.5 Å². The number of hydrogen-bond acceptors (Lipinski definition) is 7. The minimum Gasteiger partial charge on any atom is -0.428 e. The minimum absolute atomic E-state index is 0.0551. The number of fused-ring (bicyclic) bond motifs is 3. The Kier molecular flexibility index (Phi) is 4.82. The van der Waals surface area contributed by atoms with Gasteiger partial charge < -0.3 is 9.73 Å².